The lowest BCUT2D eigenvalue weighted by atomic mass is 10.0. The number of benzene rings is 5. The van der Waals surface area contributed by atoms with Crippen molar-refractivity contribution in [1.82, 2.24) is 4.98 Å². The highest BCUT2D eigenvalue weighted by atomic mass is 32.4. The Morgan fingerprint density at radius 2 is 1.32 bits per heavy atom. The van der Waals surface area contributed by atoms with Gasteiger partial charge in [0, 0.05) is 32.9 Å². The highest BCUT2D eigenvalue weighted by Crippen LogP contribution is 2.54. The molecule has 0 radical (unpaired) electrons. The van der Waals surface area contributed by atoms with Gasteiger partial charge >= 0.3 is 0 Å². The standard InChI is InChI=1S/C28H18NPS/c31-30(20-10-2-1-3-11-20)26-13-7-6-12-21(26)23-15-14-22-24-16-18-8-4-5-9-19(18)17-25(24)29-27(22)28(23)30/h1-17,29H. The minimum Gasteiger partial charge on any atom is -0.354 e. The Kier molecular flexibility index (Phi) is 3.48. The summed E-state index contributed by atoms with van der Waals surface area (Å²) in [5, 5.41) is 8.92. The Labute approximate surface area is 185 Å². The second-order valence-electron chi connectivity index (χ2n) is 8.22. The van der Waals surface area contributed by atoms with E-state index >= 15 is 0 Å². The SMILES string of the molecule is S=P1(c2ccccc2)c2ccccc2-c2ccc3c([nH]c4cc5ccccc5cc43)c21. The summed E-state index contributed by atoms with van der Waals surface area (Å²) in [6.07, 6.45) is 0. The van der Waals surface area contributed by atoms with Crippen molar-refractivity contribution >= 4 is 66.3 Å². The van der Waals surface area contributed by atoms with Crippen molar-refractivity contribution in [1.29, 1.82) is 0 Å². The third-order valence-electron chi connectivity index (χ3n) is 6.58. The van der Waals surface area contributed by atoms with Gasteiger partial charge in [-0.15, -0.1) is 0 Å². The minimum atomic E-state index is -2.15. The Bertz CT molecular complexity index is 1710. The summed E-state index contributed by atoms with van der Waals surface area (Å²) in [7, 11) is 0. The van der Waals surface area contributed by atoms with Crippen molar-refractivity contribution < 1.29 is 0 Å². The fourth-order valence-corrected chi connectivity index (χ4v) is 9.83. The van der Waals surface area contributed by atoms with Crippen LogP contribution >= 0.6 is 6.04 Å². The molecule has 1 aromatic heterocycles. The number of H-pyrrole nitrogens is 1. The zero-order valence-corrected chi connectivity index (χ0v) is 18.4. The molecule has 6 aromatic rings. The highest BCUT2D eigenvalue weighted by molar-refractivity contribution is 8.26. The number of rotatable bonds is 1. The molecule has 1 aliphatic rings. The molecule has 1 aliphatic heterocycles. The topological polar surface area (TPSA) is 15.8 Å². The summed E-state index contributed by atoms with van der Waals surface area (Å²) in [4.78, 5) is 3.79. The molecule has 7 rings (SSSR count). The van der Waals surface area contributed by atoms with Crippen LogP contribution in [-0.2, 0) is 11.8 Å². The van der Waals surface area contributed by atoms with E-state index in [0.717, 1.165) is 0 Å². The molecule has 0 fully saturated rings. The van der Waals surface area contributed by atoms with Crippen molar-refractivity contribution in [3.63, 3.8) is 0 Å². The zero-order chi connectivity index (χ0) is 20.6. The van der Waals surface area contributed by atoms with Crippen molar-refractivity contribution in [3.8, 4) is 11.1 Å². The molecule has 0 spiro atoms. The van der Waals surface area contributed by atoms with E-state index in [1.54, 1.807) is 0 Å². The average Bonchev–Trinajstić information content (AvgIpc) is 3.31. The quantitative estimate of drug-likeness (QED) is 0.306. The van der Waals surface area contributed by atoms with Crippen LogP contribution in [0.25, 0.3) is 43.7 Å². The number of hydrogen-bond donors (Lipinski definition) is 1. The first kappa shape index (κ1) is 17.5. The van der Waals surface area contributed by atoms with E-state index in [2.05, 4.69) is 108 Å². The molecule has 31 heavy (non-hydrogen) atoms. The van der Waals surface area contributed by atoms with Gasteiger partial charge in [0.15, 0.2) is 0 Å². The van der Waals surface area contributed by atoms with Gasteiger partial charge in [-0.25, -0.2) is 0 Å². The van der Waals surface area contributed by atoms with Gasteiger partial charge in [-0.05, 0) is 39.3 Å². The van der Waals surface area contributed by atoms with Crippen LogP contribution in [0.5, 0.6) is 0 Å². The molecule has 5 aromatic carbocycles. The van der Waals surface area contributed by atoms with Gasteiger partial charge in [-0.3, -0.25) is 0 Å². The first-order chi connectivity index (χ1) is 15.2. The molecular formula is C28H18NPS. The van der Waals surface area contributed by atoms with Crippen molar-refractivity contribution in [2.45, 2.75) is 0 Å². The third kappa shape index (κ3) is 2.24. The lowest BCUT2D eigenvalue weighted by Crippen LogP contribution is -2.21. The van der Waals surface area contributed by atoms with Gasteiger partial charge in [-0.1, -0.05) is 103 Å². The summed E-state index contributed by atoms with van der Waals surface area (Å²) >= 11 is 6.65. The van der Waals surface area contributed by atoms with Crippen molar-refractivity contribution in [2.75, 3.05) is 0 Å². The molecule has 0 aliphatic carbocycles. The van der Waals surface area contributed by atoms with Gasteiger partial charge in [0.25, 0.3) is 0 Å². The maximum absolute atomic E-state index is 6.65. The fourth-order valence-electron chi connectivity index (χ4n) is 5.19. The molecule has 3 heteroatoms. The van der Waals surface area contributed by atoms with Gasteiger partial charge in [0.1, 0.15) is 0 Å². The summed E-state index contributed by atoms with van der Waals surface area (Å²) in [5.74, 6) is 0. The van der Waals surface area contributed by atoms with Crippen LogP contribution in [-0.4, -0.2) is 4.98 Å². The monoisotopic (exact) mass is 431 g/mol. The molecule has 0 amide bonds. The molecule has 2 heterocycles. The second kappa shape index (κ2) is 6.17. The Morgan fingerprint density at radius 1 is 0.613 bits per heavy atom. The van der Waals surface area contributed by atoms with E-state index in [-0.39, 0.29) is 0 Å². The summed E-state index contributed by atoms with van der Waals surface area (Å²) in [5.41, 5.74) is 4.95. The van der Waals surface area contributed by atoms with Crippen LogP contribution in [0.2, 0.25) is 0 Å². The summed E-state index contributed by atoms with van der Waals surface area (Å²) in [6, 6.07) is 35.0. The van der Waals surface area contributed by atoms with Crippen LogP contribution in [0.4, 0.5) is 0 Å². The van der Waals surface area contributed by atoms with Crippen LogP contribution in [0.15, 0.2) is 103 Å². The molecule has 1 N–H and O–H groups in total. The van der Waals surface area contributed by atoms with Gasteiger partial charge < -0.3 is 4.98 Å². The van der Waals surface area contributed by atoms with Crippen molar-refractivity contribution in [3.05, 3.63) is 103 Å². The number of aromatic nitrogens is 1. The van der Waals surface area contributed by atoms with Crippen LogP contribution in [0.1, 0.15) is 0 Å². The van der Waals surface area contributed by atoms with Gasteiger partial charge in [0.2, 0.25) is 0 Å². The Balaban J connectivity index is 1.66. The highest BCUT2D eigenvalue weighted by Gasteiger charge is 2.38. The van der Waals surface area contributed by atoms with E-state index in [9.17, 15) is 0 Å². The molecule has 0 bridgehead atoms. The molecule has 1 unspecified atom stereocenters. The molecule has 146 valence electrons. The lowest BCUT2D eigenvalue weighted by Gasteiger charge is -2.20. The first-order valence-electron chi connectivity index (χ1n) is 10.5. The van der Waals surface area contributed by atoms with E-state index < -0.39 is 6.04 Å². The molecule has 1 nitrogen and oxygen atoms in total. The number of nitrogens with one attached hydrogen (secondary N) is 1. The summed E-state index contributed by atoms with van der Waals surface area (Å²) < 4.78 is 0. The second-order valence-corrected chi connectivity index (χ2v) is 12.5. The molecule has 1 atom stereocenters. The predicted molar refractivity (Wildman–Crippen MR) is 138 cm³/mol. The van der Waals surface area contributed by atoms with Crippen molar-refractivity contribution in [2.24, 2.45) is 0 Å². The Morgan fingerprint density at radius 3 is 2.16 bits per heavy atom. The third-order valence-corrected chi connectivity index (χ3v) is 11.5. The smallest absolute Gasteiger partial charge is 0.0563 e. The van der Waals surface area contributed by atoms with Gasteiger partial charge in [-0.2, -0.15) is 0 Å². The predicted octanol–water partition coefficient (Wildman–Crippen LogP) is 6.21. The number of aromatic amines is 1. The van der Waals surface area contributed by atoms with E-state index in [1.807, 2.05) is 0 Å². The molecule has 0 saturated carbocycles. The summed E-state index contributed by atoms with van der Waals surface area (Å²) in [6.45, 7) is 0. The zero-order valence-electron chi connectivity index (χ0n) is 16.7. The number of fused-ring (bicyclic) bond motifs is 8. The first-order valence-corrected chi connectivity index (χ1v) is 13.3. The Hall–Kier alpha value is -3.19. The van der Waals surface area contributed by atoms with E-state index in [0.29, 0.717) is 0 Å². The minimum absolute atomic E-state index is 1.17. The molecular weight excluding hydrogens is 413 g/mol. The van der Waals surface area contributed by atoms with E-state index in [4.69, 9.17) is 11.8 Å². The van der Waals surface area contributed by atoms with Crippen LogP contribution in [0, 0.1) is 0 Å². The maximum Gasteiger partial charge on any atom is 0.0563 e. The fraction of sp³-hybridized carbons (Fsp3) is 0. The largest absolute Gasteiger partial charge is 0.354 e. The maximum atomic E-state index is 6.65. The molecule has 0 saturated heterocycles. The van der Waals surface area contributed by atoms with Gasteiger partial charge in [0.05, 0.1) is 5.52 Å². The number of hydrogen-bond acceptors (Lipinski definition) is 1. The lowest BCUT2D eigenvalue weighted by molar-refractivity contribution is 1.57. The van der Waals surface area contributed by atoms with Crippen LogP contribution < -0.4 is 15.9 Å². The van der Waals surface area contributed by atoms with E-state index in [1.165, 1.54) is 59.6 Å². The average molecular weight is 432 g/mol. The normalized spacial score (nSPS) is 17.3. The van der Waals surface area contributed by atoms with Crippen LogP contribution in [0.3, 0.4) is 0 Å².